The first-order chi connectivity index (χ1) is 14.8. The third-order valence-corrected chi connectivity index (χ3v) is 6.38. The number of carbonyl (C=O) groups is 1. The van der Waals surface area contributed by atoms with Crippen molar-refractivity contribution in [2.45, 2.75) is 34.2 Å². The number of hydrogen-bond acceptors (Lipinski definition) is 3. The number of thioether (sulfide) groups is 1. The van der Waals surface area contributed by atoms with E-state index in [9.17, 15) is 4.79 Å². The van der Waals surface area contributed by atoms with E-state index in [1.54, 1.807) is 0 Å². The summed E-state index contributed by atoms with van der Waals surface area (Å²) in [5.74, 6) is -0.111. The molecule has 1 aromatic heterocycles. The van der Waals surface area contributed by atoms with Crippen LogP contribution in [0.5, 0.6) is 0 Å². The van der Waals surface area contributed by atoms with Gasteiger partial charge in [-0.15, -0.1) is 0 Å². The molecule has 0 unspecified atom stereocenters. The van der Waals surface area contributed by atoms with Crippen molar-refractivity contribution in [1.82, 2.24) is 9.88 Å². The lowest BCUT2D eigenvalue weighted by Gasteiger charge is -2.09. The second-order valence-corrected chi connectivity index (χ2v) is 9.29. The van der Waals surface area contributed by atoms with E-state index >= 15 is 0 Å². The highest BCUT2D eigenvalue weighted by atomic mass is 35.5. The summed E-state index contributed by atoms with van der Waals surface area (Å²) in [7, 11) is 0. The van der Waals surface area contributed by atoms with Crippen molar-refractivity contribution in [1.29, 1.82) is 0 Å². The summed E-state index contributed by atoms with van der Waals surface area (Å²) in [5, 5.41) is 4.24. The molecule has 0 radical (unpaired) electrons. The zero-order valence-electron chi connectivity index (χ0n) is 18.0. The average Bonchev–Trinajstić information content (AvgIpc) is 3.19. The number of carbonyl (C=O) groups excluding carboxylic acids is 1. The van der Waals surface area contributed by atoms with E-state index in [4.69, 9.17) is 11.6 Å². The second-order valence-electron chi connectivity index (χ2n) is 7.82. The number of halogens is 1. The van der Waals surface area contributed by atoms with Gasteiger partial charge < -0.3 is 9.88 Å². The number of aromatic nitrogens is 1. The van der Waals surface area contributed by atoms with Gasteiger partial charge in [-0.1, -0.05) is 40.9 Å². The number of aryl methyl sites for hydroxylation is 3. The van der Waals surface area contributed by atoms with Gasteiger partial charge in [0.2, 0.25) is 0 Å². The van der Waals surface area contributed by atoms with Crippen LogP contribution in [0.3, 0.4) is 0 Å². The molecule has 158 valence electrons. The predicted octanol–water partition coefficient (Wildman–Crippen LogP) is 6.12. The Kier molecular flexibility index (Phi) is 6.08. The van der Waals surface area contributed by atoms with Crippen molar-refractivity contribution in [3.63, 3.8) is 0 Å². The third-order valence-electron chi connectivity index (χ3n) is 5.18. The summed E-state index contributed by atoms with van der Waals surface area (Å²) in [6.07, 6.45) is 1.94. The summed E-state index contributed by atoms with van der Waals surface area (Å²) in [4.78, 5) is 17.8. The minimum atomic E-state index is -0.111. The lowest BCUT2D eigenvalue weighted by Crippen LogP contribution is -2.19. The van der Waals surface area contributed by atoms with Gasteiger partial charge in [0.1, 0.15) is 0 Å². The highest BCUT2D eigenvalue weighted by Crippen LogP contribution is 2.30. The fourth-order valence-electron chi connectivity index (χ4n) is 3.89. The molecule has 1 N–H and O–H groups in total. The minimum Gasteiger partial charge on any atom is -0.318 e. The molecule has 1 aliphatic heterocycles. The summed E-state index contributed by atoms with van der Waals surface area (Å²) >= 11 is 7.42. The van der Waals surface area contributed by atoms with Gasteiger partial charge in [-0.2, -0.15) is 0 Å². The molecule has 2 heterocycles. The molecule has 31 heavy (non-hydrogen) atoms. The topological polar surface area (TPSA) is 46.4 Å². The van der Waals surface area contributed by atoms with E-state index < -0.39 is 0 Å². The van der Waals surface area contributed by atoms with Crippen LogP contribution in [0, 0.1) is 27.7 Å². The smallest absolute Gasteiger partial charge is 0.264 e. The number of nitrogens with zero attached hydrogens (tertiary/aromatic N) is 2. The Bertz CT molecular complexity index is 1200. The lowest BCUT2D eigenvalue weighted by atomic mass is 10.1. The summed E-state index contributed by atoms with van der Waals surface area (Å²) < 4.78 is 2.16. The van der Waals surface area contributed by atoms with Crippen LogP contribution >= 0.6 is 23.4 Å². The van der Waals surface area contributed by atoms with E-state index in [0.717, 1.165) is 28.2 Å². The normalized spacial score (nSPS) is 16.4. The van der Waals surface area contributed by atoms with Crippen LogP contribution in [0.1, 0.15) is 33.6 Å². The zero-order chi connectivity index (χ0) is 22.1. The number of amidine groups is 1. The van der Waals surface area contributed by atoms with Crippen LogP contribution in [0.25, 0.3) is 11.8 Å². The standard InChI is InChI=1S/C25H24ClN3OS/c1-15-9-16(2)11-19(10-15)14-27-25-28-24(30)23(31-25)13-20-12-17(3)29(18(20)4)22-7-5-21(26)6-8-22/h5-13H,14H2,1-4H3,(H,27,28,30)/b23-13-. The number of rotatable bonds is 4. The molecule has 1 amide bonds. The van der Waals surface area contributed by atoms with E-state index in [-0.39, 0.29) is 5.91 Å². The fourth-order valence-corrected chi connectivity index (χ4v) is 4.82. The van der Waals surface area contributed by atoms with E-state index in [2.05, 4.69) is 66.8 Å². The van der Waals surface area contributed by atoms with Crippen molar-refractivity contribution < 1.29 is 4.79 Å². The molecule has 0 bridgehead atoms. The maximum Gasteiger partial charge on any atom is 0.264 e. The van der Waals surface area contributed by atoms with Crippen LogP contribution < -0.4 is 5.32 Å². The second kappa shape index (κ2) is 8.77. The van der Waals surface area contributed by atoms with E-state index in [0.29, 0.717) is 21.6 Å². The Hall–Kier alpha value is -2.76. The number of amides is 1. The molecule has 2 aromatic carbocycles. The molecule has 4 rings (SSSR count). The third kappa shape index (κ3) is 4.78. The highest BCUT2D eigenvalue weighted by Gasteiger charge is 2.24. The van der Waals surface area contributed by atoms with E-state index in [1.807, 2.05) is 30.3 Å². The molecule has 0 spiro atoms. The Morgan fingerprint density at radius 1 is 1.03 bits per heavy atom. The van der Waals surface area contributed by atoms with Crippen molar-refractivity contribution in [2.24, 2.45) is 4.99 Å². The Labute approximate surface area is 192 Å². The molecule has 0 saturated carbocycles. The summed E-state index contributed by atoms with van der Waals surface area (Å²) in [6, 6.07) is 16.2. The molecule has 6 heteroatoms. The van der Waals surface area contributed by atoms with Crippen molar-refractivity contribution in [3.05, 3.63) is 92.1 Å². The molecular formula is C25H24ClN3OS. The maximum absolute atomic E-state index is 12.5. The predicted molar refractivity (Wildman–Crippen MR) is 131 cm³/mol. The summed E-state index contributed by atoms with van der Waals surface area (Å²) in [6.45, 7) is 8.82. The minimum absolute atomic E-state index is 0.111. The molecule has 4 nitrogen and oxygen atoms in total. The summed E-state index contributed by atoms with van der Waals surface area (Å²) in [5.41, 5.74) is 7.80. The van der Waals surface area contributed by atoms with Gasteiger partial charge in [0.15, 0.2) is 5.17 Å². The first-order valence-corrected chi connectivity index (χ1v) is 11.3. The quantitative estimate of drug-likeness (QED) is 0.487. The van der Waals surface area contributed by atoms with Crippen molar-refractivity contribution >= 4 is 40.5 Å². The van der Waals surface area contributed by atoms with Gasteiger partial charge in [-0.25, -0.2) is 0 Å². The molecule has 1 aliphatic rings. The fraction of sp³-hybridized carbons (Fsp3) is 0.200. The van der Waals surface area contributed by atoms with Crippen LogP contribution in [0.4, 0.5) is 0 Å². The van der Waals surface area contributed by atoms with Gasteiger partial charge in [-0.05, 0) is 87.0 Å². The van der Waals surface area contributed by atoms with Crippen LogP contribution in [0.15, 0.2) is 58.4 Å². The molecule has 1 saturated heterocycles. The molecule has 0 atom stereocenters. The van der Waals surface area contributed by atoms with Gasteiger partial charge in [0, 0.05) is 22.1 Å². The van der Waals surface area contributed by atoms with Crippen molar-refractivity contribution in [3.8, 4) is 5.69 Å². The molecule has 0 aliphatic carbocycles. The van der Waals surface area contributed by atoms with Gasteiger partial charge in [0.05, 0.1) is 11.4 Å². The average molecular weight is 450 g/mol. The maximum atomic E-state index is 12.5. The zero-order valence-corrected chi connectivity index (χ0v) is 19.6. The van der Waals surface area contributed by atoms with E-state index in [1.165, 1.54) is 22.9 Å². The van der Waals surface area contributed by atoms with Gasteiger partial charge in [-0.3, -0.25) is 9.79 Å². The van der Waals surface area contributed by atoms with Crippen LogP contribution in [-0.4, -0.2) is 15.6 Å². The Morgan fingerprint density at radius 3 is 2.39 bits per heavy atom. The van der Waals surface area contributed by atoms with Gasteiger partial charge in [0.25, 0.3) is 5.91 Å². The molecule has 1 fully saturated rings. The SMILES string of the molecule is Cc1cc(C)cc(CN=C2NC(=O)/C(=C/c3cc(C)n(-c4ccc(Cl)cc4)c3C)S2)c1. The number of nitrogens with one attached hydrogen (secondary N) is 1. The molecule has 3 aromatic rings. The monoisotopic (exact) mass is 449 g/mol. The largest absolute Gasteiger partial charge is 0.318 e. The lowest BCUT2D eigenvalue weighted by molar-refractivity contribution is -0.115. The highest BCUT2D eigenvalue weighted by molar-refractivity contribution is 8.18. The Balaban J connectivity index is 1.56. The Morgan fingerprint density at radius 2 is 1.71 bits per heavy atom. The van der Waals surface area contributed by atoms with Gasteiger partial charge >= 0.3 is 0 Å². The number of aliphatic imine (C=N–C) groups is 1. The van der Waals surface area contributed by atoms with Crippen LogP contribution in [-0.2, 0) is 11.3 Å². The first kappa shape index (κ1) is 21.5. The first-order valence-electron chi connectivity index (χ1n) is 10.1. The molecular weight excluding hydrogens is 426 g/mol. The number of hydrogen-bond donors (Lipinski definition) is 1. The van der Waals surface area contributed by atoms with Crippen LogP contribution in [0.2, 0.25) is 5.02 Å². The number of benzene rings is 2. The van der Waals surface area contributed by atoms with Crippen molar-refractivity contribution in [2.75, 3.05) is 0 Å².